The topological polar surface area (TPSA) is 77.2 Å². The Morgan fingerprint density at radius 2 is 1.93 bits per heavy atom. The Labute approximate surface area is 152 Å². The summed E-state index contributed by atoms with van der Waals surface area (Å²) in [6, 6.07) is 11.0. The molecule has 0 fully saturated rings. The quantitative estimate of drug-likeness (QED) is 0.722. The Morgan fingerprint density at radius 3 is 2.56 bits per heavy atom. The van der Waals surface area contributed by atoms with Crippen LogP contribution in [-0.4, -0.2) is 22.2 Å². The van der Waals surface area contributed by atoms with E-state index in [4.69, 9.17) is 9.15 Å². The van der Waals surface area contributed by atoms with Gasteiger partial charge in [-0.2, -0.15) is 13.2 Å². The van der Waals surface area contributed by atoms with Gasteiger partial charge in [0.15, 0.2) is 6.10 Å². The van der Waals surface area contributed by atoms with E-state index >= 15 is 0 Å². The van der Waals surface area contributed by atoms with E-state index in [-0.39, 0.29) is 5.69 Å². The average molecular weight is 377 g/mol. The summed E-state index contributed by atoms with van der Waals surface area (Å²) in [4.78, 5) is 12.2. The standard InChI is InChI=1S/C18H14F3N3O3/c1-11(16(25)23-14-4-2-3-13(9-14)18(19,20)21)27-15-7-5-12(6-8-15)17-24-22-10-26-17/h2-11H,1H3,(H,23,25)/t11-/m1/s1. The lowest BCUT2D eigenvalue weighted by Crippen LogP contribution is -2.30. The number of nitrogens with zero attached hydrogens (tertiary/aromatic N) is 2. The highest BCUT2D eigenvalue weighted by molar-refractivity contribution is 5.94. The summed E-state index contributed by atoms with van der Waals surface area (Å²) in [5, 5.41) is 9.77. The minimum atomic E-state index is -4.48. The number of ether oxygens (including phenoxy) is 1. The van der Waals surface area contributed by atoms with E-state index < -0.39 is 23.8 Å². The molecule has 0 radical (unpaired) electrons. The van der Waals surface area contributed by atoms with Gasteiger partial charge in [0.2, 0.25) is 12.3 Å². The Hall–Kier alpha value is -3.36. The van der Waals surface area contributed by atoms with Crippen LogP contribution in [0.15, 0.2) is 59.3 Å². The fourth-order valence-electron chi connectivity index (χ4n) is 2.25. The van der Waals surface area contributed by atoms with Crippen LogP contribution in [0.25, 0.3) is 11.5 Å². The van der Waals surface area contributed by atoms with Crippen LogP contribution in [0.2, 0.25) is 0 Å². The van der Waals surface area contributed by atoms with Crippen molar-refractivity contribution in [3.8, 4) is 17.2 Å². The van der Waals surface area contributed by atoms with Gasteiger partial charge in [-0.1, -0.05) is 6.07 Å². The maximum Gasteiger partial charge on any atom is 0.416 e. The first kappa shape index (κ1) is 18.4. The zero-order chi connectivity index (χ0) is 19.4. The molecule has 0 saturated carbocycles. The number of alkyl halides is 3. The zero-order valence-corrected chi connectivity index (χ0v) is 14.0. The van der Waals surface area contributed by atoms with Crippen molar-refractivity contribution in [2.24, 2.45) is 0 Å². The number of hydrogen-bond acceptors (Lipinski definition) is 5. The van der Waals surface area contributed by atoms with Crippen LogP contribution < -0.4 is 10.1 Å². The summed E-state index contributed by atoms with van der Waals surface area (Å²) in [5.41, 5.74) is -0.122. The Balaban J connectivity index is 1.62. The number of hydrogen-bond donors (Lipinski definition) is 1. The number of carbonyl (C=O) groups is 1. The number of aromatic nitrogens is 2. The van der Waals surface area contributed by atoms with Gasteiger partial charge >= 0.3 is 6.18 Å². The molecule has 0 unspecified atom stereocenters. The maximum atomic E-state index is 12.7. The second-order valence-electron chi connectivity index (χ2n) is 5.60. The zero-order valence-electron chi connectivity index (χ0n) is 14.0. The molecule has 140 valence electrons. The lowest BCUT2D eigenvalue weighted by molar-refractivity contribution is -0.137. The molecule has 0 bridgehead atoms. The average Bonchev–Trinajstić information content (AvgIpc) is 3.16. The largest absolute Gasteiger partial charge is 0.481 e. The third-order valence-electron chi connectivity index (χ3n) is 3.60. The second kappa shape index (κ2) is 7.48. The van der Waals surface area contributed by atoms with E-state index in [0.717, 1.165) is 12.1 Å². The van der Waals surface area contributed by atoms with Gasteiger partial charge in [-0.15, -0.1) is 10.2 Å². The van der Waals surface area contributed by atoms with Crippen molar-refractivity contribution in [3.63, 3.8) is 0 Å². The predicted octanol–water partition coefficient (Wildman–Crippen LogP) is 4.16. The van der Waals surface area contributed by atoms with E-state index in [1.54, 1.807) is 24.3 Å². The number of nitrogens with one attached hydrogen (secondary N) is 1. The maximum absolute atomic E-state index is 12.7. The summed E-state index contributed by atoms with van der Waals surface area (Å²) < 4.78 is 48.8. The SMILES string of the molecule is C[C@@H](Oc1ccc(-c2nnco2)cc1)C(=O)Nc1cccc(C(F)(F)F)c1. The lowest BCUT2D eigenvalue weighted by atomic mass is 10.2. The molecule has 6 nitrogen and oxygen atoms in total. The predicted molar refractivity (Wildman–Crippen MR) is 89.9 cm³/mol. The first-order valence-electron chi connectivity index (χ1n) is 7.84. The summed E-state index contributed by atoms with van der Waals surface area (Å²) >= 11 is 0. The van der Waals surface area contributed by atoms with Gasteiger partial charge in [0, 0.05) is 11.3 Å². The van der Waals surface area contributed by atoms with Crippen LogP contribution in [-0.2, 0) is 11.0 Å². The minimum absolute atomic E-state index is 0.0389. The molecule has 9 heteroatoms. The van der Waals surface area contributed by atoms with Crippen molar-refractivity contribution in [1.29, 1.82) is 0 Å². The summed E-state index contributed by atoms with van der Waals surface area (Å²) in [5.74, 6) is 0.178. The van der Waals surface area contributed by atoms with E-state index in [1.807, 2.05) is 0 Å². The summed E-state index contributed by atoms with van der Waals surface area (Å²) in [6.45, 7) is 1.49. The highest BCUT2D eigenvalue weighted by Gasteiger charge is 2.30. The normalized spacial score (nSPS) is 12.4. The molecule has 1 atom stereocenters. The van der Waals surface area contributed by atoms with Gasteiger partial charge in [0.25, 0.3) is 5.91 Å². The third-order valence-corrected chi connectivity index (χ3v) is 3.60. The number of halogens is 3. The van der Waals surface area contributed by atoms with Crippen LogP contribution in [0.3, 0.4) is 0 Å². The van der Waals surface area contributed by atoms with Gasteiger partial charge in [-0.05, 0) is 49.4 Å². The highest BCUT2D eigenvalue weighted by Crippen LogP contribution is 2.30. The minimum Gasteiger partial charge on any atom is -0.481 e. The Kier molecular flexibility index (Phi) is 5.11. The number of rotatable bonds is 5. The van der Waals surface area contributed by atoms with Gasteiger partial charge in [0.1, 0.15) is 5.75 Å². The first-order valence-corrected chi connectivity index (χ1v) is 7.84. The van der Waals surface area contributed by atoms with Crippen molar-refractivity contribution in [1.82, 2.24) is 10.2 Å². The Bertz CT molecular complexity index is 910. The lowest BCUT2D eigenvalue weighted by Gasteiger charge is -2.15. The van der Waals surface area contributed by atoms with Crippen LogP contribution in [0, 0.1) is 0 Å². The third kappa shape index (κ3) is 4.63. The number of benzene rings is 2. The molecule has 3 aromatic rings. The summed E-state index contributed by atoms with van der Waals surface area (Å²) in [6.07, 6.45) is -4.20. The van der Waals surface area contributed by atoms with Crippen LogP contribution in [0.5, 0.6) is 5.75 Å². The molecule has 0 saturated heterocycles. The first-order chi connectivity index (χ1) is 12.8. The van der Waals surface area contributed by atoms with Crippen LogP contribution >= 0.6 is 0 Å². The second-order valence-corrected chi connectivity index (χ2v) is 5.60. The highest BCUT2D eigenvalue weighted by atomic mass is 19.4. The number of carbonyl (C=O) groups excluding carboxylic acids is 1. The van der Waals surface area contributed by atoms with E-state index in [0.29, 0.717) is 17.2 Å². The van der Waals surface area contributed by atoms with E-state index in [1.165, 1.54) is 25.5 Å². The number of amides is 1. The van der Waals surface area contributed by atoms with Crippen LogP contribution in [0.1, 0.15) is 12.5 Å². The Morgan fingerprint density at radius 1 is 1.19 bits per heavy atom. The molecule has 0 aliphatic heterocycles. The molecule has 0 aliphatic carbocycles. The van der Waals surface area contributed by atoms with Crippen molar-refractivity contribution in [2.75, 3.05) is 5.32 Å². The fourth-order valence-corrected chi connectivity index (χ4v) is 2.25. The smallest absolute Gasteiger partial charge is 0.416 e. The van der Waals surface area contributed by atoms with Gasteiger partial charge in [-0.25, -0.2) is 0 Å². The van der Waals surface area contributed by atoms with Crippen molar-refractivity contribution >= 4 is 11.6 Å². The molecule has 1 aromatic heterocycles. The van der Waals surface area contributed by atoms with Crippen molar-refractivity contribution < 1.29 is 27.1 Å². The molecular weight excluding hydrogens is 363 g/mol. The molecule has 2 aromatic carbocycles. The fraction of sp³-hybridized carbons (Fsp3) is 0.167. The van der Waals surface area contributed by atoms with Crippen molar-refractivity contribution in [2.45, 2.75) is 19.2 Å². The molecule has 0 aliphatic rings. The van der Waals surface area contributed by atoms with E-state index in [2.05, 4.69) is 15.5 Å². The van der Waals surface area contributed by atoms with E-state index in [9.17, 15) is 18.0 Å². The summed E-state index contributed by atoms with van der Waals surface area (Å²) in [7, 11) is 0. The van der Waals surface area contributed by atoms with Gasteiger partial charge in [-0.3, -0.25) is 4.79 Å². The van der Waals surface area contributed by atoms with Gasteiger partial charge < -0.3 is 14.5 Å². The molecule has 1 N–H and O–H groups in total. The van der Waals surface area contributed by atoms with Crippen molar-refractivity contribution in [3.05, 3.63) is 60.5 Å². The monoisotopic (exact) mass is 377 g/mol. The molecule has 27 heavy (non-hydrogen) atoms. The molecule has 1 heterocycles. The van der Waals surface area contributed by atoms with Crippen LogP contribution in [0.4, 0.5) is 18.9 Å². The molecule has 1 amide bonds. The number of anilines is 1. The molecular formula is C18H14F3N3O3. The molecule has 3 rings (SSSR count). The van der Waals surface area contributed by atoms with Gasteiger partial charge in [0.05, 0.1) is 5.56 Å². The molecule has 0 spiro atoms.